The second-order valence-electron chi connectivity index (χ2n) is 5.35. The maximum atomic E-state index is 11.4. The molecule has 1 amide bonds. The van der Waals surface area contributed by atoms with Crippen molar-refractivity contribution in [2.45, 2.75) is 25.7 Å². The number of anilines is 1. The SMILES string of the molecule is CNc1nc(C2CCN(C(C)=O)CC2)cn2cccc12. The highest BCUT2D eigenvalue weighted by molar-refractivity contribution is 5.73. The molecule has 3 heterocycles. The van der Waals surface area contributed by atoms with Crippen LogP contribution in [0.25, 0.3) is 5.52 Å². The van der Waals surface area contributed by atoms with Crippen LogP contribution in [-0.2, 0) is 4.79 Å². The van der Waals surface area contributed by atoms with Gasteiger partial charge < -0.3 is 14.6 Å². The number of amides is 1. The van der Waals surface area contributed by atoms with Gasteiger partial charge in [0.05, 0.1) is 11.2 Å². The normalized spacial score (nSPS) is 16.6. The summed E-state index contributed by atoms with van der Waals surface area (Å²) in [6, 6.07) is 4.08. The molecule has 2 aromatic rings. The fourth-order valence-corrected chi connectivity index (χ4v) is 2.94. The average molecular weight is 272 g/mol. The van der Waals surface area contributed by atoms with Crippen LogP contribution in [0.1, 0.15) is 31.4 Å². The summed E-state index contributed by atoms with van der Waals surface area (Å²) in [7, 11) is 1.90. The standard InChI is InChI=1S/C15H20N4O/c1-11(20)18-8-5-12(6-9-18)13-10-19-7-3-4-14(19)15(16-2)17-13/h3-4,7,10,12H,5-6,8-9H2,1-2H3,(H,16,17). The highest BCUT2D eigenvalue weighted by atomic mass is 16.2. The number of carbonyl (C=O) groups excluding carboxylic acids is 1. The molecule has 0 aliphatic carbocycles. The molecule has 0 spiro atoms. The smallest absolute Gasteiger partial charge is 0.219 e. The predicted molar refractivity (Wildman–Crippen MR) is 79.0 cm³/mol. The second kappa shape index (κ2) is 5.15. The van der Waals surface area contributed by atoms with E-state index in [0.29, 0.717) is 5.92 Å². The van der Waals surface area contributed by atoms with Crippen molar-refractivity contribution in [2.24, 2.45) is 0 Å². The van der Waals surface area contributed by atoms with E-state index in [9.17, 15) is 4.79 Å². The number of hydrogen-bond acceptors (Lipinski definition) is 3. The van der Waals surface area contributed by atoms with Crippen LogP contribution in [0, 0.1) is 0 Å². The van der Waals surface area contributed by atoms with Gasteiger partial charge in [0.2, 0.25) is 5.91 Å². The van der Waals surface area contributed by atoms with Crippen molar-refractivity contribution in [3.63, 3.8) is 0 Å². The van der Waals surface area contributed by atoms with Crippen molar-refractivity contribution >= 4 is 17.2 Å². The third-order valence-corrected chi connectivity index (χ3v) is 4.13. The first kappa shape index (κ1) is 13.0. The molecule has 1 aliphatic heterocycles. The maximum absolute atomic E-state index is 11.4. The number of rotatable bonds is 2. The van der Waals surface area contributed by atoms with Crippen LogP contribution in [0.4, 0.5) is 5.82 Å². The van der Waals surface area contributed by atoms with E-state index in [-0.39, 0.29) is 5.91 Å². The first-order valence-electron chi connectivity index (χ1n) is 7.10. The van der Waals surface area contributed by atoms with Crippen molar-refractivity contribution in [1.82, 2.24) is 14.3 Å². The van der Waals surface area contributed by atoms with Crippen LogP contribution in [0.2, 0.25) is 0 Å². The summed E-state index contributed by atoms with van der Waals surface area (Å²) in [6.07, 6.45) is 6.14. The van der Waals surface area contributed by atoms with E-state index in [0.717, 1.165) is 43.0 Å². The van der Waals surface area contributed by atoms with Crippen LogP contribution in [0.3, 0.4) is 0 Å². The first-order chi connectivity index (χ1) is 9.69. The van der Waals surface area contributed by atoms with Crippen LogP contribution >= 0.6 is 0 Å². The van der Waals surface area contributed by atoms with E-state index in [2.05, 4.69) is 22.0 Å². The van der Waals surface area contributed by atoms with Crippen LogP contribution in [0.15, 0.2) is 24.5 Å². The van der Waals surface area contributed by atoms with E-state index in [1.165, 1.54) is 0 Å². The van der Waals surface area contributed by atoms with Crippen molar-refractivity contribution in [3.05, 3.63) is 30.2 Å². The van der Waals surface area contributed by atoms with Gasteiger partial charge in [0.15, 0.2) is 0 Å². The van der Waals surface area contributed by atoms with E-state index < -0.39 is 0 Å². The summed E-state index contributed by atoms with van der Waals surface area (Å²) in [6.45, 7) is 3.31. The van der Waals surface area contributed by atoms with Crippen LogP contribution < -0.4 is 5.32 Å². The van der Waals surface area contributed by atoms with Crippen molar-refractivity contribution in [2.75, 3.05) is 25.5 Å². The predicted octanol–water partition coefficient (Wildman–Crippen LogP) is 2.10. The van der Waals surface area contributed by atoms with Gasteiger partial charge in [0.1, 0.15) is 5.82 Å². The molecular formula is C15H20N4O. The Morgan fingerprint density at radius 1 is 1.40 bits per heavy atom. The molecule has 0 aromatic carbocycles. The highest BCUT2D eigenvalue weighted by Gasteiger charge is 2.23. The van der Waals surface area contributed by atoms with Crippen molar-refractivity contribution in [3.8, 4) is 0 Å². The zero-order valence-electron chi connectivity index (χ0n) is 12.0. The lowest BCUT2D eigenvalue weighted by molar-refractivity contribution is -0.129. The van der Waals surface area contributed by atoms with Crippen LogP contribution in [0.5, 0.6) is 0 Å². The largest absolute Gasteiger partial charge is 0.371 e. The van der Waals surface area contributed by atoms with Gasteiger partial charge in [-0.25, -0.2) is 4.98 Å². The third kappa shape index (κ3) is 2.24. The van der Waals surface area contributed by atoms with Gasteiger partial charge in [-0.1, -0.05) is 0 Å². The average Bonchev–Trinajstić information content (AvgIpc) is 2.94. The van der Waals surface area contributed by atoms with E-state index in [4.69, 9.17) is 4.98 Å². The number of carbonyl (C=O) groups is 1. The number of nitrogens with zero attached hydrogens (tertiary/aromatic N) is 3. The third-order valence-electron chi connectivity index (χ3n) is 4.13. The second-order valence-corrected chi connectivity index (χ2v) is 5.35. The Bertz CT molecular complexity index is 626. The van der Waals surface area contributed by atoms with Gasteiger partial charge in [-0.15, -0.1) is 0 Å². The van der Waals surface area contributed by atoms with E-state index in [1.807, 2.05) is 24.2 Å². The molecule has 106 valence electrons. The number of fused-ring (bicyclic) bond motifs is 1. The molecule has 0 atom stereocenters. The zero-order chi connectivity index (χ0) is 14.1. The van der Waals surface area contributed by atoms with Gasteiger partial charge >= 0.3 is 0 Å². The zero-order valence-corrected chi connectivity index (χ0v) is 12.0. The summed E-state index contributed by atoms with van der Waals surface area (Å²) < 4.78 is 2.12. The Morgan fingerprint density at radius 2 is 2.15 bits per heavy atom. The fourth-order valence-electron chi connectivity index (χ4n) is 2.94. The molecule has 0 bridgehead atoms. The minimum atomic E-state index is 0.174. The van der Waals surface area contributed by atoms with Gasteiger partial charge in [-0.2, -0.15) is 0 Å². The monoisotopic (exact) mass is 272 g/mol. The first-order valence-corrected chi connectivity index (χ1v) is 7.10. The summed E-state index contributed by atoms with van der Waals surface area (Å²) in [4.78, 5) is 18.0. The quantitative estimate of drug-likeness (QED) is 0.911. The Kier molecular flexibility index (Phi) is 3.34. The van der Waals surface area contributed by atoms with Gasteiger partial charge in [-0.3, -0.25) is 4.79 Å². The van der Waals surface area contributed by atoms with Gasteiger partial charge in [-0.05, 0) is 25.0 Å². The molecule has 5 nitrogen and oxygen atoms in total. The Balaban J connectivity index is 1.86. The molecule has 20 heavy (non-hydrogen) atoms. The summed E-state index contributed by atoms with van der Waals surface area (Å²) >= 11 is 0. The highest BCUT2D eigenvalue weighted by Crippen LogP contribution is 2.28. The number of nitrogens with one attached hydrogen (secondary N) is 1. The molecule has 3 rings (SSSR count). The summed E-state index contributed by atoms with van der Waals surface area (Å²) in [5.41, 5.74) is 2.21. The molecule has 1 fully saturated rings. The topological polar surface area (TPSA) is 49.6 Å². The molecule has 0 radical (unpaired) electrons. The minimum Gasteiger partial charge on any atom is -0.371 e. The van der Waals surface area contributed by atoms with Gasteiger partial charge in [0.25, 0.3) is 0 Å². The number of likely N-dealkylation sites (tertiary alicyclic amines) is 1. The van der Waals surface area contributed by atoms with E-state index >= 15 is 0 Å². The molecule has 5 heteroatoms. The Morgan fingerprint density at radius 3 is 2.80 bits per heavy atom. The number of hydrogen-bond donors (Lipinski definition) is 1. The molecule has 0 saturated carbocycles. The van der Waals surface area contributed by atoms with Crippen molar-refractivity contribution in [1.29, 1.82) is 0 Å². The molecule has 1 aliphatic rings. The van der Waals surface area contributed by atoms with Crippen molar-refractivity contribution < 1.29 is 4.79 Å². The molecule has 1 N–H and O–H groups in total. The Labute approximate surface area is 118 Å². The van der Waals surface area contributed by atoms with Crippen LogP contribution in [-0.4, -0.2) is 40.3 Å². The minimum absolute atomic E-state index is 0.174. The van der Waals surface area contributed by atoms with E-state index in [1.54, 1.807) is 6.92 Å². The number of piperidine rings is 1. The number of aromatic nitrogens is 2. The summed E-state index contributed by atoms with van der Waals surface area (Å²) in [5, 5.41) is 3.17. The molecule has 0 unspecified atom stereocenters. The lowest BCUT2D eigenvalue weighted by Gasteiger charge is -2.31. The lowest BCUT2D eigenvalue weighted by atomic mass is 9.93. The maximum Gasteiger partial charge on any atom is 0.219 e. The Hall–Kier alpha value is -2.04. The molecule has 1 saturated heterocycles. The molecule has 2 aromatic heterocycles. The fraction of sp³-hybridized carbons (Fsp3) is 0.467. The summed E-state index contributed by atoms with van der Waals surface area (Å²) in [5.74, 6) is 1.53. The lowest BCUT2D eigenvalue weighted by Crippen LogP contribution is -2.36. The molecular weight excluding hydrogens is 252 g/mol. The van der Waals surface area contributed by atoms with Gasteiger partial charge in [0, 0.05) is 45.4 Å².